The fourth-order valence-electron chi connectivity index (χ4n) is 2.00. The third kappa shape index (κ3) is 3.72. The molecule has 0 aliphatic heterocycles. The molecule has 0 aromatic heterocycles. The van der Waals surface area contributed by atoms with Crippen molar-refractivity contribution in [1.82, 2.24) is 0 Å². The summed E-state index contributed by atoms with van der Waals surface area (Å²) in [7, 11) is 1.63. The first kappa shape index (κ1) is 16.0. The first-order chi connectivity index (χ1) is 9.54. The van der Waals surface area contributed by atoms with E-state index in [1.165, 1.54) is 12.1 Å². The van der Waals surface area contributed by atoms with E-state index in [4.69, 9.17) is 9.84 Å². The van der Waals surface area contributed by atoms with Gasteiger partial charge in [-0.15, -0.1) is 0 Å². The van der Waals surface area contributed by atoms with Gasteiger partial charge in [0.2, 0.25) is 0 Å². The number of rotatable bonds is 7. The number of methoxy groups -OCH3 is 1. The van der Waals surface area contributed by atoms with Gasteiger partial charge in [0.15, 0.2) is 0 Å². The monoisotopic (exact) mass is 276 g/mol. The second-order valence-corrected chi connectivity index (χ2v) is 4.59. The average Bonchev–Trinajstić information content (AvgIpc) is 2.47. The highest BCUT2D eigenvalue weighted by Crippen LogP contribution is 2.24. The lowest BCUT2D eigenvalue weighted by atomic mass is 10.1. The van der Waals surface area contributed by atoms with Crippen LogP contribution in [-0.4, -0.2) is 37.4 Å². The predicted molar refractivity (Wildman–Crippen MR) is 77.1 cm³/mol. The number of aromatic carboxylic acids is 1. The minimum atomic E-state index is -1.03. The van der Waals surface area contributed by atoms with E-state index in [0.29, 0.717) is 18.7 Å². The highest BCUT2D eigenvalue weighted by Gasteiger charge is 2.17. The molecule has 0 aliphatic carbocycles. The summed E-state index contributed by atoms with van der Waals surface area (Å²) in [6.07, 6.45) is 0.926. The van der Waals surface area contributed by atoms with Crippen LogP contribution in [-0.2, 0) is 4.74 Å². The van der Waals surface area contributed by atoms with E-state index in [1.807, 2.05) is 0 Å². The van der Waals surface area contributed by atoms with Crippen LogP contribution in [0.5, 0.6) is 0 Å². The molecule has 1 atom stereocenters. The van der Waals surface area contributed by atoms with Gasteiger partial charge in [0.25, 0.3) is 0 Å². The molecule has 1 aromatic rings. The topological polar surface area (TPSA) is 73.6 Å². The first-order valence-corrected chi connectivity index (χ1v) is 6.58. The van der Waals surface area contributed by atoms with E-state index in [-0.39, 0.29) is 11.6 Å². The van der Waals surface area contributed by atoms with Gasteiger partial charge >= 0.3 is 5.97 Å². The van der Waals surface area contributed by atoms with Gasteiger partial charge in [-0.05, 0) is 31.5 Å². The highest BCUT2D eigenvalue weighted by molar-refractivity contribution is 5.89. The summed E-state index contributed by atoms with van der Waals surface area (Å²) < 4.78 is 5.11. The van der Waals surface area contributed by atoms with Gasteiger partial charge < -0.3 is 14.7 Å². The average molecular weight is 276 g/mol. The van der Waals surface area contributed by atoms with Crippen molar-refractivity contribution >= 4 is 11.7 Å². The molecule has 1 unspecified atom stereocenters. The number of carboxylic acid groups (broad SMARTS) is 1. The molecule has 0 saturated carbocycles. The normalized spacial score (nSPS) is 11.7. The Kier molecular flexibility index (Phi) is 6.01. The van der Waals surface area contributed by atoms with E-state index in [1.54, 1.807) is 13.2 Å². The largest absolute Gasteiger partial charge is 0.478 e. The zero-order valence-corrected chi connectivity index (χ0v) is 12.1. The molecule has 5 nitrogen and oxygen atoms in total. The van der Waals surface area contributed by atoms with E-state index in [0.717, 1.165) is 12.1 Å². The predicted octanol–water partition coefficient (Wildman–Crippen LogP) is 2.51. The van der Waals surface area contributed by atoms with Crippen LogP contribution in [0.2, 0.25) is 0 Å². The summed E-state index contributed by atoms with van der Waals surface area (Å²) in [5, 5.41) is 18.2. The Morgan fingerprint density at radius 1 is 1.55 bits per heavy atom. The van der Waals surface area contributed by atoms with Crippen LogP contribution in [0.4, 0.5) is 5.69 Å². The van der Waals surface area contributed by atoms with E-state index < -0.39 is 5.97 Å². The Bertz CT molecular complexity index is 508. The number of hydrogen-bond donors (Lipinski definition) is 1. The Labute approximate surface area is 119 Å². The summed E-state index contributed by atoms with van der Waals surface area (Å²) in [6, 6.07) is 6.97. The van der Waals surface area contributed by atoms with Crippen molar-refractivity contribution in [1.29, 1.82) is 5.26 Å². The van der Waals surface area contributed by atoms with Gasteiger partial charge in [-0.2, -0.15) is 5.26 Å². The minimum Gasteiger partial charge on any atom is -0.478 e. The van der Waals surface area contributed by atoms with Gasteiger partial charge in [-0.25, -0.2) is 4.79 Å². The zero-order valence-electron chi connectivity index (χ0n) is 12.1. The Morgan fingerprint density at radius 3 is 2.75 bits per heavy atom. The molecule has 0 radical (unpaired) electrons. The molecule has 20 heavy (non-hydrogen) atoms. The van der Waals surface area contributed by atoms with Gasteiger partial charge in [-0.3, -0.25) is 0 Å². The maximum atomic E-state index is 11.0. The van der Waals surface area contributed by atoms with Crippen molar-refractivity contribution < 1.29 is 14.6 Å². The van der Waals surface area contributed by atoms with Crippen LogP contribution >= 0.6 is 0 Å². The van der Waals surface area contributed by atoms with E-state index in [9.17, 15) is 10.1 Å². The molecule has 0 amide bonds. The number of carbonyl (C=O) groups is 1. The summed E-state index contributed by atoms with van der Waals surface area (Å²) in [6.45, 7) is 5.35. The molecule has 0 spiro atoms. The Morgan fingerprint density at radius 2 is 2.25 bits per heavy atom. The number of anilines is 1. The molecule has 0 saturated heterocycles. The summed E-state index contributed by atoms with van der Waals surface area (Å²) >= 11 is 0. The molecule has 0 fully saturated rings. The van der Waals surface area contributed by atoms with Crippen molar-refractivity contribution in [2.75, 3.05) is 25.2 Å². The Hall–Kier alpha value is -2.06. The SMILES string of the molecule is CCC(C)N(CCOC)c1ccc(C(=O)O)cc1C#N. The zero-order chi connectivity index (χ0) is 15.1. The van der Waals surface area contributed by atoms with Crippen LogP contribution < -0.4 is 4.90 Å². The number of nitriles is 1. The highest BCUT2D eigenvalue weighted by atomic mass is 16.5. The third-order valence-corrected chi connectivity index (χ3v) is 3.33. The smallest absolute Gasteiger partial charge is 0.335 e. The lowest BCUT2D eigenvalue weighted by Gasteiger charge is -2.31. The lowest BCUT2D eigenvalue weighted by Crippen LogP contribution is -2.36. The van der Waals surface area contributed by atoms with Crippen molar-refractivity contribution in [3.8, 4) is 6.07 Å². The first-order valence-electron chi connectivity index (χ1n) is 6.58. The Balaban J connectivity index is 3.18. The molecule has 1 N–H and O–H groups in total. The third-order valence-electron chi connectivity index (χ3n) is 3.33. The second kappa shape index (κ2) is 7.51. The molecule has 0 heterocycles. The lowest BCUT2D eigenvalue weighted by molar-refractivity contribution is 0.0697. The fourth-order valence-corrected chi connectivity index (χ4v) is 2.00. The minimum absolute atomic E-state index is 0.126. The summed E-state index contributed by atoms with van der Waals surface area (Å²) in [5.41, 5.74) is 1.26. The number of carboxylic acids is 1. The van der Waals surface area contributed by atoms with Crippen molar-refractivity contribution in [2.45, 2.75) is 26.3 Å². The van der Waals surface area contributed by atoms with Gasteiger partial charge in [0.05, 0.1) is 23.4 Å². The maximum absolute atomic E-state index is 11.0. The fraction of sp³-hybridized carbons (Fsp3) is 0.467. The van der Waals surface area contributed by atoms with Crippen molar-refractivity contribution in [3.63, 3.8) is 0 Å². The molecule has 1 aromatic carbocycles. The van der Waals surface area contributed by atoms with Gasteiger partial charge in [0, 0.05) is 19.7 Å². The van der Waals surface area contributed by atoms with Crippen LogP contribution in [0.3, 0.4) is 0 Å². The van der Waals surface area contributed by atoms with E-state index in [2.05, 4.69) is 24.8 Å². The molecular weight excluding hydrogens is 256 g/mol. The van der Waals surface area contributed by atoms with Gasteiger partial charge in [-0.1, -0.05) is 6.92 Å². The number of nitrogens with zero attached hydrogens (tertiary/aromatic N) is 2. The number of ether oxygens (including phenoxy) is 1. The van der Waals surface area contributed by atoms with E-state index >= 15 is 0 Å². The quantitative estimate of drug-likeness (QED) is 0.828. The van der Waals surface area contributed by atoms with Crippen LogP contribution in [0.15, 0.2) is 18.2 Å². The van der Waals surface area contributed by atoms with Crippen molar-refractivity contribution in [2.24, 2.45) is 0 Å². The van der Waals surface area contributed by atoms with Gasteiger partial charge in [0.1, 0.15) is 6.07 Å². The van der Waals surface area contributed by atoms with Crippen LogP contribution in [0.1, 0.15) is 36.2 Å². The van der Waals surface area contributed by atoms with Crippen molar-refractivity contribution in [3.05, 3.63) is 29.3 Å². The number of hydrogen-bond acceptors (Lipinski definition) is 4. The molecule has 108 valence electrons. The molecular formula is C15H20N2O3. The second-order valence-electron chi connectivity index (χ2n) is 4.59. The summed E-state index contributed by atoms with van der Waals surface area (Å²) in [4.78, 5) is 13.0. The standard InChI is InChI=1S/C15H20N2O3/c1-4-11(2)17(7-8-20-3)14-6-5-12(15(18)19)9-13(14)10-16/h5-6,9,11H,4,7-8H2,1-3H3,(H,18,19). The molecule has 0 bridgehead atoms. The molecule has 5 heteroatoms. The van der Waals surface area contributed by atoms with Crippen LogP contribution in [0, 0.1) is 11.3 Å². The molecule has 0 aliphatic rings. The molecule has 1 rings (SSSR count). The summed E-state index contributed by atoms with van der Waals surface area (Å²) in [5.74, 6) is -1.03. The van der Waals surface area contributed by atoms with Crippen LogP contribution in [0.25, 0.3) is 0 Å². The number of benzene rings is 1. The maximum Gasteiger partial charge on any atom is 0.335 e.